The van der Waals surface area contributed by atoms with Gasteiger partial charge in [0.2, 0.25) is 11.1 Å². The molecule has 0 saturated carbocycles. The largest absolute Gasteiger partial charge is 0.586 e. The van der Waals surface area contributed by atoms with E-state index < -0.39 is 6.29 Å². The summed E-state index contributed by atoms with van der Waals surface area (Å²) in [5.74, 6) is 0.0363. The fourth-order valence-electron chi connectivity index (χ4n) is 2.30. The number of anilines is 1. The van der Waals surface area contributed by atoms with E-state index in [4.69, 9.17) is 0 Å². The predicted molar refractivity (Wildman–Crippen MR) is 91.6 cm³/mol. The standard InChI is InChI=1S/C16H11F2N5O3S/c17-16(18)25-11-2-1-10(7-12(11)26-16)20-13(24)8-27-15-21-14(22-23-15)9-3-5-19-6-4-9/h1-7H,8H2,(H,20,24)(H,21,22,23). The van der Waals surface area contributed by atoms with Crippen molar-refractivity contribution in [3.05, 3.63) is 42.7 Å². The molecule has 0 fully saturated rings. The molecule has 2 N–H and O–H groups in total. The van der Waals surface area contributed by atoms with Crippen LogP contribution in [-0.4, -0.2) is 38.1 Å². The lowest BCUT2D eigenvalue weighted by Gasteiger charge is -2.05. The summed E-state index contributed by atoms with van der Waals surface area (Å²) in [7, 11) is 0. The number of carbonyl (C=O) groups excluding carboxylic acids is 1. The van der Waals surface area contributed by atoms with E-state index in [0.717, 1.165) is 17.3 Å². The van der Waals surface area contributed by atoms with Crippen LogP contribution in [0.4, 0.5) is 14.5 Å². The van der Waals surface area contributed by atoms with Crippen LogP contribution in [0.15, 0.2) is 47.9 Å². The van der Waals surface area contributed by atoms with Crippen molar-refractivity contribution in [2.75, 3.05) is 11.1 Å². The summed E-state index contributed by atoms with van der Waals surface area (Å²) in [4.78, 5) is 20.3. The maximum Gasteiger partial charge on any atom is 0.586 e. The first-order chi connectivity index (χ1) is 13.0. The molecule has 4 rings (SSSR count). The molecule has 0 saturated heterocycles. The Labute approximate surface area is 155 Å². The minimum absolute atomic E-state index is 0.0399. The molecular weight excluding hydrogens is 380 g/mol. The SMILES string of the molecule is O=C(CSc1n[nH]c(-c2ccncc2)n1)Nc1ccc2c(c1)OC(F)(F)O2. The summed E-state index contributed by atoms with van der Waals surface area (Å²) in [6, 6.07) is 7.58. The van der Waals surface area contributed by atoms with Gasteiger partial charge in [-0.2, -0.15) is 0 Å². The summed E-state index contributed by atoms with van der Waals surface area (Å²) >= 11 is 1.13. The van der Waals surface area contributed by atoms with E-state index in [2.05, 4.69) is 35.0 Å². The van der Waals surface area contributed by atoms with Gasteiger partial charge in [-0.05, 0) is 24.3 Å². The third-order valence-electron chi connectivity index (χ3n) is 3.44. The second-order valence-electron chi connectivity index (χ2n) is 5.37. The lowest BCUT2D eigenvalue weighted by molar-refractivity contribution is -0.286. The number of thioether (sulfide) groups is 1. The third kappa shape index (κ3) is 3.97. The van der Waals surface area contributed by atoms with Crippen molar-refractivity contribution in [2.45, 2.75) is 11.5 Å². The van der Waals surface area contributed by atoms with Crippen molar-refractivity contribution in [3.8, 4) is 22.9 Å². The highest BCUT2D eigenvalue weighted by atomic mass is 32.2. The van der Waals surface area contributed by atoms with Gasteiger partial charge in [0.15, 0.2) is 17.3 Å². The first kappa shape index (κ1) is 17.2. The maximum atomic E-state index is 13.0. The minimum atomic E-state index is -3.70. The maximum absolute atomic E-state index is 13.0. The van der Waals surface area contributed by atoms with Crippen LogP contribution in [0.1, 0.15) is 0 Å². The number of benzene rings is 1. The topological polar surface area (TPSA) is 102 Å². The van der Waals surface area contributed by atoms with Gasteiger partial charge in [0.1, 0.15) is 0 Å². The number of carbonyl (C=O) groups is 1. The summed E-state index contributed by atoms with van der Waals surface area (Å²) in [6.07, 6.45) is -0.419. The third-order valence-corrected chi connectivity index (χ3v) is 4.28. The molecule has 3 heterocycles. The number of hydrogen-bond donors (Lipinski definition) is 2. The van der Waals surface area contributed by atoms with Gasteiger partial charge in [-0.15, -0.1) is 13.9 Å². The summed E-state index contributed by atoms with van der Waals surface area (Å²) in [5, 5.41) is 9.83. The zero-order valence-electron chi connectivity index (χ0n) is 13.5. The Morgan fingerprint density at radius 3 is 2.78 bits per heavy atom. The molecule has 0 atom stereocenters. The van der Waals surface area contributed by atoms with E-state index in [0.29, 0.717) is 16.7 Å². The van der Waals surface area contributed by atoms with E-state index in [9.17, 15) is 13.6 Å². The molecule has 1 aromatic carbocycles. The molecule has 138 valence electrons. The lowest BCUT2D eigenvalue weighted by atomic mass is 10.3. The van der Waals surface area contributed by atoms with Gasteiger partial charge in [0.05, 0.1) is 5.75 Å². The molecule has 27 heavy (non-hydrogen) atoms. The fourth-order valence-corrected chi connectivity index (χ4v) is 2.90. The molecule has 0 unspecified atom stereocenters. The average molecular weight is 391 g/mol. The highest BCUT2D eigenvalue weighted by Gasteiger charge is 2.43. The molecule has 1 amide bonds. The molecular formula is C16H11F2N5O3S. The molecule has 1 aliphatic rings. The van der Waals surface area contributed by atoms with Crippen LogP contribution >= 0.6 is 11.8 Å². The highest BCUT2D eigenvalue weighted by molar-refractivity contribution is 7.99. The summed E-state index contributed by atoms with van der Waals surface area (Å²) in [6.45, 7) is 0. The van der Waals surface area contributed by atoms with Crippen LogP contribution in [0, 0.1) is 0 Å². The Morgan fingerprint density at radius 2 is 1.96 bits per heavy atom. The Kier molecular flexibility index (Phi) is 4.36. The van der Waals surface area contributed by atoms with Gasteiger partial charge >= 0.3 is 6.29 Å². The number of alkyl halides is 2. The van der Waals surface area contributed by atoms with E-state index >= 15 is 0 Å². The smallest absolute Gasteiger partial charge is 0.395 e. The highest BCUT2D eigenvalue weighted by Crippen LogP contribution is 2.42. The fraction of sp³-hybridized carbons (Fsp3) is 0.125. The molecule has 8 nitrogen and oxygen atoms in total. The zero-order chi connectivity index (χ0) is 18.9. The lowest BCUT2D eigenvalue weighted by Crippen LogP contribution is -2.25. The molecule has 0 bridgehead atoms. The van der Waals surface area contributed by atoms with Crippen LogP contribution in [0.3, 0.4) is 0 Å². The number of rotatable bonds is 5. The number of fused-ring (bicyclic) bond motifs is 1. The summed E-state index contributed by atoms with van der Waals surface area (Å²) < 4.78 is 34.7. The second-order valence-corrected chi connectivity index (χ2v) is 6.31. The number of nitrogens with one attached hydrogen (secondary N) is 2. The van der Waals surface area contributed by atoms with E-state index in [1.165, 1.54) is 18.2 Å². The number of H-pyrrole nitrogens is 1. The van der Waals surface area contributed by atoms with Crippen LogP contribution in [0.5, 0.6) is 11.5 Å². The average Bonchev–Trinajstić information content (AvgIpc) is 3.23. The van der Waals surface area contributed by atoms with Crippen molar-refractivity contribution < 1.29 is 23.0 Å². The quantitative estimate of drug-likeness (QED) is 0.645. The van der Waals surface area contributed by atoms with Crippen molar-refractivity contribution in [3.63, 3.8) is 0 Å². The molecule has 2 aromatic heterocycles. The van der Waals surface area contributed by atoms with Crippen molar-refractivity contribution in [2.24, 2.45) is 0 Å². The van der Waals surface area contributed by atoms with Gasteiger partial charge in [-0.25, -0.2) is 4.98 Å². The molecule has 1 aliphatic heterocycles. The second kappa shape index (κ2) is 6.83. The van der Waals surface area contributed by atoms with Crippen molar-refractivity contribution in [1.82, 2.24) is 20.2 Å². The zero-order valence-corrected chi connectivity index (χ0v) is 14.3. The Morgan fingerprint density at radius 1 is 1.19 bits per heavy atom. The van der Waals surface area contributed by atoms with Gasteiger partial charge < -0.3 is 14.8 Å². The summed E-state index contributed by atoms with van der Waals surface area (Å²) in [5.41, 5.74) is 1.14. The number of halogens is 2. The molecule has 3 aromatic rings. The number of pyridine rings is 1. The van der Waals surface area contributed by atoms with Gasteiger partial charge in [0, 0.05) is 29.7 Å². The first-order valence-electron chi connectivity index (χ1n) is 7.64. The Hall–Kier alpha value is -3.21. The number of ether oxygens (including phenoxy) is 2. The van der Waals surface area contributed by atoms with Crippen molar-refractivity contribution >= 4 is 23.4 Å². The monoisotopic (exact) mass is 391 g/mol. The number of aromatic amines is 1. The normalized spacial score (nSPS) is 14.1. The predicted octanol–water partition coefficient (Wildman–Crippen LogP) is 2.92. The number of amides is 1. The molecule has 11 heteroatoms. The van der Waals surface area contributed by atoms with Crippen molar-refractivity contribution in [1.29, 1.82) is 0 Å². The Bertz CT molecular complexity index is 983. The van der Waals surface area contributed by atoms with Gasteiger partial charge in [0.25, 0.3) is 0 Å². The Balaban J connectivity index is 1.34. The number of aromatic nitrogens is 4. The molecule has 0 spiro atoms. The van der Waals surface area contributed by atoms with Crippen LogP contribution in [0.25, 0.3) is 11.4 Å². The van der Waals surface area contributed by atoms with E-state index in [-0.39, 0.29) is 23.2 Å². The minimum Gasteiger partial charge on any atom is -0.395 e. The first-order valence-corrected chi connectivity index (χ1v) is 8.62. The molecule has 0 aliphatic carbocycles. The van der Waals surface area contributed by atoms with Crippen LogP contribution in [0.2, 0.25) is 0 Å². The van der Waals surface area contributed by atoms with E-state index in [1.807, 2.05) is 0 Å². The van der Waals surface area contributed by atoms with E-state index in [1.54, 1.807) is 24.5 Å². The number of hydrogen-bond acceptors (Lipinski definition) is 7. The van der Waals surface area contributed by atoms with Gasteiger partial charge in [-0.3, -0.25) is 14.9 Å². The number of nitrogens with zero attached hydrogens (tertiary/aromatic N) is 3. The van der Waals surface area contributed by atoms with Crippen LogP contribution < -0.4 is 14.8 Å². The molecule has 0 radical (unpaired) electrons. The van der Waals surface area contributed by atoms with Gasteiger partial charge in [-0.1, -0.05) is 11.8 Å². The van der Waals surface area contributed by atoms with Crippen LogP contribution in [-0.2, 0) is 4.79 Å².